The van der Waals surface area contributed by atoms with E-state index in [9.17, 15) is 44.7 Å². The lowest BCUT2D eigenvalue weighted by atomic mass is 9.75. The largest absolute Gasteiger partial charge is 0.447 e. The summed E-state index contributed by atoms with van der Waals surface area (Å²) < 4.78 is 117. The van der Waals surface area contributed by atoms with Crippen LogP contribution in [0.4, 0.5) is 39.9 Å². The predicted molar refractivity (Wildman–Crippen MR) is 189 cm³/mol. The van der Waals surface area contributed by atoms with Crippen LogP contribution < -0.4 is 10.6 Å². The van der Waals surface area contributed by atoms with Gasteiger partial charge in [0.1, 0.15) is 29.7 Å². The van der Waals surface area contributed by atoms with Crippen molar-refractivity contribution in [1.29, 1.82) is 5.41 Å². The van der Waals surface area contributed by atoms with E-state index in [0.29, 0.717) is 11.1 Å². The first-order chi connectivity index (χ1) is 27.0. The second kappa shape index (κ2) is 13.9. The van der Waals surface area contributed by atoms with E-state index in [1.807, 2.05) is 26.1 Å². The molecule has 1 aliphatic heterocycles. The number of guanidine groups is 1. The van der Waals surface area contributed by atoms with Gasteiger partial charge in [0.15, 0.2) is 17.3 Å². The normalized spacial score (nSPS) is 20.6. The molecule has 4 aromatic rings. The lowest BCUT2D eigenvalue weighted by molar-refractivity contribution is -0.183. The number of carbonyl (C=O) groups excluding carboxylic acids is 2. The van der Waals surface area contributed by atoms with Crippen molar-refractivity contribution < 1.29 is 49.4 Å². The van der Waals surface area contributed by atoms with Crippen LogP contribution in [-0.2, 0) is 20.6 Å². The van der Waals surface area contributed by atoms with E-state index in [1.54, 1.807) is 12.1 Å². The Morgan fingerprint density at radius 3 is 2.26 bits per heavy atom. The molecule has 0 spiro atoms. The minimum atomic E-state index is -4.77. The van der Waals surface area contributed by atoms with E-state index < -0.39 is 77.2 Å². The van der Waals surface area contributed by atoms with Crippen LogP contribution in [0, 0.1) is 10.8 Å². The number of carbonyl (C=O) groups is 2. The molecule has 2 saturated carbocycles. The highest BCUT2D eigenvalue weighted by Crippen LogP contribution is 2.55. The van der Waals surface area contributed by atoms with E-state index in [4.69, 9.17) is 21.7 Å². The smallest absolute Gasteiger partial charge is 0.413 e. The number of aromatic nitrogens is 6. The number of hydrogen-bond donors (Lipinski definition) is 3. The van der Waals surface area contributed by atoms with Crippen molar-refractivity contribution in [3.05, 3.63) is 77.0 Å². The minimum Gasteiger partial charge on any atom is -0.447 e. The summed E-state index contributed by atoms with van der Waals surface area (Å²) in [7, 11) is 0. The summed E-state index contributed by atoms with van der Waals surface area (Å²) in [5, 5.41) is 25.4. The zero-order chi connectivity index (χ0) is 42.2. The number of hydrogen-bond acceptors (Lipinski definition) is 8. The highest BCUT2D eigenvalue weighted by atomic mass is 35.5. The molecule has 3 fully saturated rings. The standard InChI is InChI=1S/C36H35ClF8N10O3/c1-31(2,3)17-34(21-7-4-19(5-8-21)23-15-53(52-51-23)33(12-13-33)36(43,44)45)28(56)54(29(46)49-34)25(16-58-30(57)50-32(10-11-32)35(40,41)42)20-6-9-22(37)24(14-20)55-27(26(38)39)47-18-48-55/h4-9,14-15,18,25-26H,10-13,16-17H2,1-3H3,(H2,46,49)(H,50,57)/t25-,34-/m1/s1. The van der Waals surface area contributed by atoms with Crippen molar-refractivity contribution in [3.63, 3.8) is 0 Å². The van der Waals surface area contributed by atoms with Gasteiger partial charge in [0.2, 0.25) is 0 Å². The van der Waals surface area contributed by atoms with Gasteiger partial charge in [-0.1, -0.05) is 67.9 Å². The third-order valence-electron chi connectivity index (χ3n) is 10.5. The molecule has 7 rings (SSSR count). The fourth-order valence-electron chi connectivity index (χ4n) is 7.22. The molecule has 310 valence electrons. The number of alkyl halides is 8. The average molecular weight is 843 g/mol. The van der Waals surface area contributed by atoms with Gasteiger partial charge >= 0.3 is 18.4 Å². The Labute approximate surface area is 329 Å². The van der Waals surface area contributed by atoms with Crippen LogP contribution in [0.15, 0.2) is 55.0 Å². The summed E-state index contributed by atoms with van der Waals surface area (Å²) in [6.45, 7) is 4.69. The van der Waals surface area contributed by atoms with Crippen molar-refractivity contribution in [2.45, 2.75) is 94.3 Å². The predicted octanol–water partition coefficient (Wildman–Crippen LogP) is 7.73. The lowest BCUT2D eigenvalue weighted by Crippen LogP contribution is -2.49. The Kier molecular flexibility index (Phi) is 9.79. The van der Waals surface area contributed by atoms with Crippen molar-refractivity contribution >= 4 is 29.6 Å². The lowest BCUT2D eigenvalue weighted by Gasteiger charge is -2.35. The van der Waals surface area contributed by atoms with Gasteiger partial charge in [-0.25, -0.2) is 27.9 Å². The molecule has 13 nitrogen and oxygen atoms in total. The molecule has 58 heavy (non-hydrogen) atoms. The quantitative estimate of drug-likeness (QED) is 0.130. The molecule has 3 heterocycles. The fraction of sp³-hybridized carbons (Fsp3) is 0.472. The topological polar surface area (TPSA) is 156 Å². The Balaban J connectivity index is 1.25. The van der Waals surface area contributed by atoms with Crippen molar-refractivity contribution in [3.8, 4) is 16.9 Å². The third-order valence-corrected chi connectivity index (χ3v) is 10.8. The summed E-state index contributed by atoms with van der Waals surface area (Å²) in [6, 6.07) is 8.61. The van der Waals surface area contributed by atoms with Crippen molar-refractivity contribution in [2.75, 3.05) is 6.61 Å². The molecule has 0 bridgehead atoms. The molecule has 0 unspecified atom stereocenters. The highest BCUT2D eigenvalue weighted by molar-refractivity contribution is 6.32. The summed E-state index contributed by atoms with van der Waals surface area (Å²) in [6.07, 6.45) is -12.7. The third kappa shape index (κ3) is 7.21. The van der Waals surface area contributed by atoms with Gasteiger partial charge in [-0.05, 0) is 60.8 Å². The maximum absolute atomic E-state index is 15.0. The van der Waals surface area contributed by atoms with Gasteiger partial charge in [0.05, 0.1) is 22.9 Å². The van der Waals surface area contributed by atoms with Gasteiger partial charge in [-0.3, -0.25) is 15.1 Å². The van der Waals surface area contributed by atoms with E-state index >= 15 is 0 Å². The van der Waals surface area contributed by atoms with E-state index in [-0.39, 0.29) is 54.1 Å². The van der Waals surface area contributed by atoms with Gasteiger partial charge in [-0.15, -0.1) is 5.10 Å². The van der Waals surface area contributed by atoms with Crippen LogP contribution in [0.25, 0.3) is 16.9 Å². The van der Waals surface area contributed by atoms with Gasteiger partial charge in [-0.2, -0.15) is 31.4 Å². The Morgan fingerprint density at radius 1 is 1.02 bits per heavy atom. The van der Waals surface area contributed by atoms with E-state index in [1.165, 1.54) is 36.5 Å². The maximum Gasteiger partial charge on any atom is 0.413 e. The zero-order valence-corrected chi connectivity index (χ0v) is 31.6. The molecular weight excluding hydrogens is 808 g/mol. The number of alkyl carbamates (subject to hydrolysis) is 1. The molecule has 2 atom stereocenters. The number of amides is 2. The first kappa shape index (κ1) is 40.8. The summed E-state index contributed by atoms with van der Waals surface area (Å²) >= 11 is 6.41. The van der Waals surface area contributed by atoms with Crippen LogP contribution in [0.3, 0.4) is 0 Å². The Morgan fingerprint density at radius 2 is 1.69 bits per heavy atom. The molecule has 2 aromatic carbocycles. The molecule has 3 N–H and O–H groups in total. The number of rotatable bonds is 11. The fourth-order valence-corrected chi connectivity index (χ4v) is 7.42. The summed E-state index contributed by atoms with van der Waals surface area (Å²) in [5.74, 6) is -2.03. The molecule has 0 radical (unpaired) electrons. The number of nitrogens with one attached hydrogen (secondary N) is 3. The van der Waals surface area contributed by atoms with E-state index in [0.717, 1.165) is 20.6 Å². The Hall–Kier alpha value is -5.34. The van der Waals surface area contributed by atoms with Gasteiger partial charge < -0.3 is 15.4 Å². The number of halogens is 9. The molecule has 1 saturated heterocycles. The monoisotopic (exact) mass is 842 g/mol. The number of ether oxygens (including phenoxy) is 1. The molecule has 22 heteroatoms. The van der Waals surface area contributed by atoms with Crippen molar-refractivity contribution in [2.24, 2.45) is 5.41 Å². The van der Waals surface area contributed by atoms with Crippen molar-refractivity contribution in [1.82, 2.24) is 45.3 Å². The second-order valence-corrected chi connectivity index (χ2v) is 16.2. The first-order valence-electron chi connectivity index (χ1n) is 17.8. The van der Waals surface area contributed by atoms with Crippen LogP contribution in [-0.4, -0.2) is 77.1 Å². The molecule has 2 amide bonds. The van der Waals surface area contributed by atoms with E-state index in [2.05, 4.69) is 25.7 Å². The van der Waals surface area contributed by atoms with Crippen LogP contribution in [0.2, 0.25) is 5.02 Å². The number of benzene rings is 2. The zero-order valence-electron chi connectivity index (χ0n) is 30.9. The van der Waals surface area contributed by atoms with Gasteiger partial charge in [0.25, 0.3) is 12.3 Å². The Bertz CT molecular complexity index is 2240. The molecule has 2 aromatic heterocycles. The maximum atomic E-state index is 15.0. The van der Waals surface area contributed by atoms with Crippen LogP contribution >= 0.6 is 11.6 Å². The first-order valence-corrected chi connectivity index (χ1v) is 18.2. The molecule has 2 aliphatic carbocycles. The highest BCUT2D eigenvalue weighted by Gasteiger charge is 2.66. The minimum absolute atomic E-state index is 0.0477. The number of nitrogens with zero attached hydrogens (tertiary/aromatic N) is 7. The SMILES string of the molecule is CC(C)(C)C[C@]1(c2ccc(-c3cn(C4(C(F)(F)F)CC4)nn3)cc2)NC(=N)N([C@H](COC(=O)NC2(C(F)(F)F)CC2)c2ccc(Cl)c(-n3ncnc3C(F)F)c2)C1=O. The molecular formula is C36H35ClF8N10O3. The summed E-state index contributed by atoms with van der Waals surface area (Å²) in [5.41, 5.74) is -6.14. The summed E-state index contributed by atoms with van der Waals surface area (Å²) in [4.78, 5) is 32.4. The average Bonchev–Trinajstić information content (AvgIpc) is 3.97. The van der Waals surface area contributed by atoms with Crippen LogP contribution in [0.1, 0.15) is 82.3 Å². The van der Waals surface area contributed by atoms with Gasteiger partial charge in [0, 0.05) is 5.56 Å². The second-order valence-electron chi connectivity index (χ2n) is 15.8. The molecule has 3 aliphatic rings. The van der Waals surface area contributed by atoms with Crippen LogP contribution in [0.5, 0.6) is 0 Å².